The van der Waals surface area contributed by atoms with Crippen molar-refractivity contribution in [1.82, 2.24) is 14.5 Å². The highest BCUT2D eigenvalue weighted by Gasteiger charge is 2.19. The predicted molar refractivity (Wildman–Crippen MR) is 169 cm³/mol. The second kappa shape index (κ2) is 12.2. The second-order valence-electron chi connectivity index (χ2n) is 11.8. The summed E-state index contributed by atoms with van der Waals surface area (Å²) < 4.78 is 6.88. The average Bonchev–Trinajstić information content (AvgIpc) is 2.99. The van der Waals surface area contributed by atoms with Gasteiger partial charge in [-0.2, -0.15) is 0 Å². The standard InChI is InChI=1S/C34H39N5O3/c1-23-28(7-6-8-29(23)35-21-24-9-13-26(14-10-24)34(2,3)4)30-22-38(5)33(41)31(37-30)36-27-15-11-25(12-16-27)32(40)39-17-19-42-20-18-39/h6-16,22,35H,17-21H2,1-5H3,(H,36,37). The van der Waals surface area contributed by atoms with Crippen molar-refractivity contribution in [2.75, 3.05) is 36.9 Å². The molecule has 5 rings (SSSR count). The molecule has 0 atom stereocenters. The molecule has 1 amide bonds. The van der Waals surface area contributed by atoms with Gasteiger partial charge in [0.2, 0.25) is 0 Å². The quantitative estimate of drug-likeness (QED) is 0.291. The lowest BCUT2D eigenvalue weighted by atomic mass is 9.87. The fourth-order valence-electron chi connectivity index (χ4n) is 5.02. The molecule has 1 aliphatic rings. The summed E-state index contributed by atoms with van der Waals surface area (Å²) >= 11 is 0. The van der Waals surface area contributed by atoms with Crippen molar-refractivity contribution >= 4 is 23.1 Å². The van der Waals surface area contributed by atoms with E-state index in [1.807, 2.05) is 12.1 Å². The minimum absolute atomic E-state index is 0.0215. The van der Waals surface area contributed by atoms with Gasteiger partial charge in [-0.25, -0.2) is 4.98 Å². The van der Waals surface area contributed by atoms with Gasteiger partial charge in [0.25, 0.3) is 11.5 Å². The Morgan fingerprint density at radius 2 is 1.67 bits per heavy atom. The van der Waals surface area contributed by atoms with E-state index in [2.05, 4.69) is 68.7 Å². The highest BCUT2D eigenvalue weighted by molar-refractivity contribution is 5.94. The first-order valence-electron chi connectivity index (χ1n) is 14.4. The van der Waals surface area contributed by atoms with Gasteiger partial charge in [0.15, 0.2) is 5.82 Å². The van der Waals surface area contributed by atoms with Crippen LogP contribution in [0.25, 0.3) is 11.3 Å². The molecule has 8 heteroatoms. The number of carbonyl (C=O) groups excluding carboxylic acids is 1. The monoisotopic (exact) mass is 565 g/mol. The Labute approximate surface area is 247 Å². The molecule has 0 unspecified atom stereocenters. The topological polar surface area (TPSA) is 88.5 Å². The van der Waals surface area contributed by atoms with Gasteiger partial charge in [-0.3, -0.25) is 9.59 Å². The summed E-state index contributed by atoms with van der Waals surface area (Å²) in [6, 6.07) is 21.9. The average molecular weight is 566 g/mol. The zero-order valence-corrected chi connectivity index (χ0v) is 25.0. The molecule has 0 aliphatic carbocycles. The summed E-state index contributed by atoms with van der Waals surface area (Å²) in [6.07, 6.45) is 1.76. The van der Waals surface area contributed by atoms with E-state index in [1.165, 1.54) is 15.7 Å². The van der Waals surface area contributed by atoms with Crippen molar-refractivity contribution in [3.63, 3.8) is 0 Å². The molecular formula is C34H39N5O3. The first-order chi connectivity index (χ1) is 20.1. The van der Waals surface area contributed by atoms with Crippen LogP contribution in [0.5, 0.6) is 0 Å². The molecule has 1 saturated heterocycles. The highest BCUT2D eigenvalue weighted by Crippen LogP contribution is 2.29. The van der Waals surface area contributed by atoms with E-state index in [9.17, 15) is 9.59 Å². The van der Waals surface area contributed by atoms with E-state index < -0.39 is 0 Å². The number of aromatic nitrogens is 2. The van der Waals surface area contributed by atoms with Crippen LogP contribution in [0.2, 0.25) is 0 Å². The largest absolute Gasteiger partial charge is 0.381 e. The fourth-order valence-corrected chi connectivity index (χ4v) is 5.02. The molecule has 0 bridgehead atoms. The number of aryl methyl sites for hydroxylation is 1. The highest BCUT2D eigenvalue weighted by atomic mass is 16.5. The molecular weight excluding hydrogens is 526 g/mol. The van der Waals surface area contributed by atoms with Gasteiger partial charge in [0.05, 0.1) is 18.9 Å². The van der Waals surface area contributed by atoms with Crippen LogP contribution in [0.3, 0.4) is 0 Å². The number of nitrogens with one attached hydrogen (secondary N) is 2. The summed E-state index contributed by atoms with van der Waals surface area (Å²) in [7, 11) is 1.72. The molecule has 1 aliphatic heterocycles. The van der Waals surface area contributed by atoms with E-state index >= 15 is 0 Å². The Morgan fingerprint density at radius 3 is 2.33 bits per heavy atom. The van der Waals surface area contributed by atoms with Crippen LogP contribution >= 0.6 is 0 Å². The molecule has 2 heterocycles. The van der Waals surface area contributed by atoms with Gasteiger partial charge in [-0.05, 0) is 59.4 Å². The number of amides is 1. The molecule has 8 nitrogen and oxygen atoms in total. The number of anilines is 3. The number of ether oxygens (including phenoxy) is 1. The third-order valence-corrected chi connectivity index (χ3v) is 7.68. The summed E-state index contributed by atoms with van der Waals surface area (Å²) in [6.45, 7) is 11.7. The minimum atomic E-state index is -0.238. The molecule has 1 aromatic heterocycles. The summed E-state index contributed by atoms with van der Waals surface area (Å²) in [5.74, 6) is 0.200. The maximum absolute atomic E-state index is 13.0. The number of benzene rings is 3. The molecule has 4 aromatic rings. The van der Waals surface area contributed by atoms with Crippen LogP contribution in [0, 0.1) is 6.92 Å². The number of carbonyl (C=O) groups is 1. The van der Waals surface area contributed by atoms with Crippen molar-refractivity contribution in [2.45, 2.75) is 39.7 Å². The van der Waals surface area contributed by atoms with E-state index in [-0.39, 0.29) is 22.7 Å². The van der Waals surface area contributed by atoms with E-state index in [4.69, 9.17) is 9.72 Å². The Morgan fingerprint density at radius 1 is 0.976 bits per heavy atom. The Kier molecular flexibility index (Phi) is 8.45. The molecule has 0 radical (unpaired) electrons. The Balaban J connectivity index is 1.33. The van der Waals surface area contributed by atoms with Crippen LogP contribution in [0.15, 0.2) is 77.7 Å². The summed E-state index contributed by atoms with van der Waals surface area (Å²) in [4.78, 5) is 32.3. The Hall–Kier alpha value is -4.43. The van der Waals surface area contributed by atoms with Crippen LogP contribution in [-0.2, 0) is 23.7 Å². The second-order valence-corrected chi connectivity index (χ2v) is 11.8. The van der Waals surface area contributed by atoms with Gasteiger partial charge in [-0.1, -0.05) is 57.2 Å². The minimum Gasteiger partial charge on any atom is -0.381 e. The predicted octanol–water partition coefficient (Wildman–Crippen LogP) is 5.88. The fraction of sp³-hybridized carbons (Fsp3) is 0.324. The van der Waals surface area contributed by atoms with Crippen LogP contribution < -0.4 is 16.2 Å². The lowest BCUT2D eigenvalue weighted by Gasteiger charge is -2.26. The number of nitrogens with zero attached hydrogens (tertiary/aromatic N) is 3. The van der Waals surface area contributed by atoms with Gasteiger partial charge in [0.1, 0.15) is 0 Å². The third kappa shape index (κ3) is 6.55. The maximum Gasteiger partial charge on any atom is 0.293 e. The summed E-state index contributed by atoms with van der Waals surface area (Å²) in [5.41, 5.74) is 7.37. The number of rotatable bonds is 7. The van der Waals surface area contributed by atoms with Crippen LogP contribution in [0.4, 0.5) is 17.2 Å². The molecule has 0 saturated carbocycles. The SMILES string of the molecule is Cc1c(NCc2ccc(C(C)(C)C)cc2)cccc1-c1cn(C)c(=O)c(Nc2ccc(C(=O)N3CCOCC3)cc2)n1. The van der Waals surface area contributed by atoms with Crippen molar-refractivity contribution in [3.05, 3.63) is 106 Å². The third-order valence-electron chi connectivity index (χ3n) is 7.68. The van der Waals surface area contributed by atoms with Gasteiger partial charge >= 0.3 is 0 Å². The Bertz CT molecular complexity index is 1610. The van der Waals surface area contributed by atoms with E-state index in [0.29, 0.717) is 49.8 Å². The molecule has 3 aromatic carbocycles. The van der Waals surface area contributed by atoms with Crippen LogP contribution in [0.1, 0.15) is 47.8 Å². The molecule has 218 valence electrons. The normalized spacial score (nSPS) is 13.6. The molecule has 1 fully saturated rings. The zero-order chi connectivity index (χ0) is 29.9. The number of hydrogen-bond donors (Lipinski definition) is 2. The first kappa shape index (κ1) is 29.1. The number of hydrogen-bond acceptors (Lipinski definition) is 6. The first-order valence-corrected chi connectivity index (χ1v) is 14.4. The summed E-state index contributed by atoms with van der Waals surface area (Å²) in [5, 5.41) is 6.73. The van der Waals surface area contributed by atoms with Crippen molar-refractivity contribution in [3.8, 4) is 11.3 Å². The smallest absolute Gasteiger partial charge is 0.293 e. The lowest BCUT2D eigenvalue weighted by Crippen LogP contribution is -2.40. The maximum atomic E-state index is 13.0. The molecule has 42 heavy (non-hydrogen) atoms. The lowest BCUT2D eigenvalue weighted by molar-refractivity contribution is 0.0303. The van der Waals surface area contributed by atoms with Gasteiger partial charge < -0.3 is 24.8 Å². The van der Waals surface area contributed by atoms with Crippen molar-refractivity contribution in [1.29, 1.82) is 0 Å². The zero-order valence-electron chi connectivity index (χ0n) is 25.0. The van der Waals surface area contributed by atoms with Gasteiger partial charge in [0, 0.05) is 55.4 Å². The molecule has 2 N–H and O–H groups in total. The van der Waals surface area contributed by atoms with Crippen molar-refractivity contribution < 1.29 is 9.53 Å². The van der Waals surface area contributed by atoms with Gasteiger partial charge in [-0.15, -0.1) is 0 Å². The van der Waals surface area contributed by atoms with Crippen molar-refractivity contribution in [2.24, 2.45) is 7.05 Å². The van der Waals surface area contributed by atoms with E-state index in [0.717, 1.165) is 16.8 Å². The van der Waals surface area contributed by atoms with E-state index in [1.54, 1.807) is 42.4 Å². The van der Waals surface area contributed by atoms with Crippen LogP contribution in [-0.4, -0.2) is 46.7 Å². The number of morpholine rings is 1. The molecule has 0 spiro atoms.